The molecule has 40 heavy (non-hydrogen) atoms. The Balaban J connectivity index is 1.01. The quantitative estimate of drug-likeness (QED) is 0.336. The van der Waals surface area contributed by atoms with E-state index >= 15 is 0 Å². The van der Waals surface area contributed by atoms with Gasteiger partial charge >= 0.3 is 0 Å². The predicted octanol–water partition coefficient (Wildman–Crippen LogP) is 4.77. The van der Waals surface area contributed by atoms with Gasteiger partial charge in [-0.3, -0.25) is 14.8 Å². The molecular weight excluding hydrogens is 504 g/mol. The fourth-order valence-electron chi connectivity index (χ4n) is 6.01. The molecule has 4 heterocycles. The van der Waals surface area contributed by atoms with E-state index in [2.05, 4.69) is 44.7 Å². The van der Waals surface area contributed by atoms with Crippen molar-refractivity contribution in [2.75, 3.05) is 44.8 Å². The number of nitrogens with one attached hydrogen (secondary N) is 2. The number of H-pyrrole nitrogens is 1. The van der Waals surface area contributed by atoms with Crippen molar-refractivity contribution in [1.82, 2.24) is 15.1 Å². The summed E-state index contributed by atoms with van der Waals surface area (Å²) in [5.41, 5.74) is 4.40. The number of piperidine rings is 1. The molecular formula is C32H34N4O4. The van der Waals surface area contributed by atoms with Crippen LogP contribution in [0.1, 0.15) is 24.8 Å². The van der Waals surface area contributed by atoms with E-state index < -0.39 is 0 Å². The van der Waals surface area contributed by atoms with Gasteiger partial charge in [0.2, 0.25) is 5.91 Å². The van der Waals surface area contributed by atoms with E-state index in [1.807, 2.05) is 48.5 Å². The van der Waals surface area contributed by atoms with Gasteiger partial charge in [0.25, 0.3) is 0 Å². The van der Waals surface area contributed by atoms with Crippen LogP contribution in [0.2, 0.25) is 0 Å². The average Bonchev–Trinajstić information content (AvgIpc) is 3.35. The number of aromatic nitrogens is 2. The van der Waals surface area contributed by atoms with Gasteiger partial charge in [-0.05, 0) is 60.9 Å². The first kappa shape index (κ1) is 25.3. The van der Waals surface area contributed by atoms with Crippen LogP contribution >= 0.6 is 0 Å². The Hall–Kier alpha value is -3.72. The molecule has 2 N–H and O–H groups in total. The summed E-state index contributed by atoms with van der Waals surface area (Å²) in [6.45, 7) is 4.99. The summed E-state index contributed by atoms with van der Waals surface area (Å²) < 4.78 is 17.2. The highest BCUT2D eigenvalue weighted by Gasteiger charge is 2.42. The first-order chi connectivity index (χ1) is 19.6. The van der Waals surface area contributed by atoms with Gasteiger partial charge in [-0.25, -0.2) is 0 Å². The van der Waals surface area contributed by atoms with E-state index in [1.165, 1.54) is 0 Å². The number of rotatable bonds is 8. The minimum absolute atomic E-state index is 0.0232. The molecule has 0 atom stereocenters. The van der Waals surface area contributed by atoms with Crippen LogP contribution in [0, 0.1) is 0 Å². The van der Waals surface area contributed by atoms with Crippen LogP contribution in [0.4, 0.5) is 5.69 Å². The lowest BCUT2D eigenvalue weighted by molar-refractivity contribution is -0.124. The number of likely N-dealkylation sites (tertiary alicyclic amines) is 1. The minimum atomic E-state index is -0.261. The molecule has 8 nitrogen and oxygen atoms in total. The van der Waals surface area contributed by atoms with Crippen LogP contribution in [-0.4, -0.2) is 72.7 Å². The Morgan fingerprint density at radius 1 is 1.00 bits per heavy atom. The summed E-state index contributed by atoms with van der Waals surface area (Å²) in [4.78, 5) is 15.6. The molecule has 0 saturated carbocycles. The molecule has 3 aliphatic rings. The van der Waals surface area contributed by atoms with Gasteiger partial charge in [-0.2, -0.15) is 5.10 Å². The minimum Gasteiger partial charge on any atom is -0.490 e. The van der Waals surface area contributed by atoms with E-state index in [0.29, 0.717) is 25.7 Å². The van der Waals surface area contributed by atoms with Gasteiger partial charge in [0.15, 0.2) is 0 Å². The zero-order chi connectivity index (χ0) is 26.9. The average molecular weight is 539 g/mol. The summed E-state index contributed by atoms with van der Waals surface area (Å²) in [6, 6.07) is 24.8. The number of hydrogen-bond acceptors (Lipinski definition) is 6. The molecule has 3 aromatic carbocycles. The van der Waals surface area contributed by atoms with E-state index in [-0.39, 0.29) is 17.4 Å². The molecule has 1 amide bonds. The zero-order valence-corrected chi connectivity index (χ0v) is 22.5. The van der Waals surface area contributed by atoms with Crippen molar-refractivity contribution in [3.63, 3.8) is 0 Å². The van der Waals surface area contributed by atoms with Gasteiger partial charge in [0.1, 0.15) is 11.9 Å². The number of hydrogen-bond donors (Lipinski definition) is 2. The summed E-state index contributed by atoms with van der Waals surface area (Å²) >= 11 is 0. The molecule has 0 bridgehead atoms. The summed E-state index contributed by atoms with van der Waals surface area (Å²) in [5.74, 6) is 0.860. The van der Waals surface area contributed by atoms with Crippen LogP contribution in [0.3, 0.4) is 0 Å². The molecule has 0 spiro atoms. The Bertz CT molecular complexity index is 1470. The highest BCUT2D eigenvalue weighted by Crippen LogP contribution is 2.36. The van der Waals surface area contributed by atoms with Crippen LogP contribution in [-0.2, 0) is 19.7 Å². The van der Waals surface area contributed by atoms with E-state index in [4.69, 9.17) is 14.2 Å². The van der Waals surface area contributed by atoms with Crippen LogP contribution in [0.25, 0.3) is 22.2 Å². The smallest absolute Gasteiger partial charge is 0.225 e. The normalized spacial score (nSPS) is 19.6. The molecule has 3 fully saturated rings. The Morgan fingerprint density at radius 2 is 1.77 bits per heavy atom. The number of benzene rings is 3. The van der Waals surface area contributed by atoms with Crippen molar-refractivity contribution in [2.45, 2.75) is 36.8 Å². The molecule has 7 rings (SSSR count). The number of nitrogens with zero attached hydrogens (tertiary/aromatic N) is 2. The second-order valence-electron chi connectivity index (χ2n) is 11.3. The number of carbonyl (C=O) groups is 1. The third-order valence-electron chi connectivity index (χ3n) is 8.53. The molecule has 8 heteroatoms. The SMILES string of the molecule is O=C(CC1(c2ccccc2)COC1)Nc1ccc2[nH]nc(-c3ccc(OC4CCN(C5COC5)CC4)cc3)c2c1. The first-order valence-corrected chi connectivity index (χ1v) is 14.2. The lowest BCUT2D eigenvalue weighted by Gasteiger charge is -2.41. The zero-order valence-electron chi connectivity index (χ0n) is 22.5. The molecule has 0 aliphatic carbocycles. The van der Waals surface area contributed by atoms with Gasteiger partial charge in [-0.15, -0.1) is 0 Å². The van der Waals surface area contributed by atoms with E-state index in [9.17, 15) is 4.79 Å². The number of anilines is 1. The molecule has 0 unspecified atom stereocenters. The third kappa shape index (κ3) is 4.98. The van der Waals surface area contributed by atoms with E-state index in [0.717, 1.165) is 78.3 Å². The second kappa shape index (κ2) is 10.7. The Morgan fingerprint density at radius 3 is 2.45 bits per heavy atom. The summed E-state index contributed by atoms with van der Waals surface area (Å²) in [5, 5.41) is 11.8. The number of carbonyl (C=O) groups excluding carboxylic acids is 1. The van der Waals surface area contributed by atoms with Gasteiger partial charge < -0.3 is 19.5 Å². The number of ether oxygens (including phenoxy) is 3. The van der Waals surface area contributed by atoms with E-state index in [1.54, 1.807) is 0 Å². The standard InChI is InChI=1S/C32H34N4O4/c37-30(17-32(20-39-21-32)23-4-2-1-3-5-23)33-24-8-11-29-28(16-24)31(35-34-29)22-6-9-26(10-7-22)40-27-12-14-36(15-13-27)25-18-38-19-25/h1-11,16,25,27H,12-15,17-21H2,(H,33,37)(H,34,35). The molecule has 3 saturated heterocycles. The van der Waals surface area contributed by atoms with Crippen molar-refractivity contribution < 1.29 is 19.0 Å². The van der Waals surface area contributed by atoms with Crippen molar-refractivity contribution in [2.24, 2.45) is 0 Å². The Kier molecular flexibility index (Phi) is 6.75. The number of fused-ring (bicyclic) bond motifs is 1. The first-order valence-electron chi connectivity index (χ1n) is 14.2. The highest BCUT2D eigenvalue weighted by molar-refractivity contribution is 5.98. The lowest BCUT2D eigenvalue weighted by atomic mass is 9.75. The lowest BCUT2D eigenvalue weighted by Crippen LogP contribution is -2.52. The number of aromatic amines is 1. The highest BCUT2D eigenvalue weighted by atomic mass is 16.5. The molecule has 4 aromatic rings. The van der Waals surface area contributed by atoms with Gasteiger partial charge in [0.05, 0.1) is 49.1 Å². The molecule has 3 aliphatic heterocycles. The maximum Gasteiger partial charge on any atom is 0.225 e. The largest absolute Gasteiger partial charge is 0.490 e. The summed E-state index contributed by atoms with van der Waals surface area (Å²) in [7, 11) is 0. The topological polar surface area (TPSA) is 88.7 Å². The maximum atomic E-state index is 13.1. The van der Waals surface area contributed by atoms with Crippen molar-refractivity contribution >= 4 is 22.5 Å². The van der Waals surface area contributed by atoms with Crippen LogP contribution < -0.4 is 10.1 Å². The van der Waals surface area contributed by atoms with Crippen molar-refractivity contribution in [3.8, 4) is 17.0 Å². The third-order valence-corrected chi connectivity index (χ3v) is 8.53. The van der Waals surface area contributed by atoms with Gasteiger partial charge in [0, 0.05) is 36.1 Å². The Labute approximate surface area is 233 Å². The molecule has 1 aromatic heterocycles. The predicted molar refractivity (Wildman–Crippen MR) is 154 cm³/mol. The molecule has 0 radical (unpaired) electrons. The van der Waals surface area contributed by atoms with Crippen LogP contribution in [0.5, 0.6) is 5.75 Å². The molecule has 206 valence electrons. The number of amides is 1. The van der Waals surface area contributed by atoms with Gasteiger partial charge in [-0.1, -0.05) is 30.3 Å². The monoisotopic (exact) mass is 538 g/mol. The van der Waals surface area contributed by atoms with Crippen LogP contribution in [0.15, 0.2) is 72.8 Å². The van der Waals surface area contributed by atoms with Crippen molar-refractivity contribution in [1.29, 1.82) is 0 Å². The second-order valence-corrected chi connectivity index (χ2v) is 11.3. The summed E-state index contributed by atoms with van der Waals surface area (Å²) in [6.07, 6.45) is 2.70. The fraction of sp³-hybridized carbons (Fsp3) is 0.375. The van der Waals surface area contributed by atoms with Crippen molar-refractivity contribution in [3.05, 3.63) is 78.4 Å². The maximum absolute atomic E-state index is 13.1. The fourth-order valence-corrected chi connectivity index (χ4v) is 6.01.